The van der Waals surface area contributed by atoms with E-state index in [2.05, 4.69) is 49.5 Å². The van der Waals surface area contributed by atoms with E-state index in [0.717, 1.165) is 19.8 Å². The van der Waals surface area contributed by atoms with Crippen molar-refractivity contribution in [1.29, 1.82) is 0 Å². The number of nitrogens with one attached hydrogen (secondary N) is 1. The average Bonchev–Trinajstić information content (AvgIpc) is 2.45. The Morgan fingerprint density at radius 1 is 1.26 bits per heavy atom. The predicted molar refractivity (Wildman–Crippen MR) is 80.2 cm³/mol. The topological polar surface area (TPSA) is 21.3 Å². The molecule has 0 aliphatic carbocycles. The molecule has 2 heteroatoms. The van der Waals surface area contributed by atoms with Gasteiger partial charge in [0.2, 0.25) is 0 Å². The van der Waals surface area contributed by atoms with Gasteiger partial charge in [0.25, 0.3) is 0 Å². The average molecular weight is 261 g/mol. The van der Waals surface area contributed by atoms with Gasteiger partial charge in [-0.05, 0) is 36.7 Å². The molecule has 1 heterocycles. The van der Waals surface area contributed by atoms with Gasteiger partial charge < -0.3 is 10.1 Å². The smallest absolute Gasteiger partial charge is 0.0506 e. The molecular formula is C17H27NO. The summed E-state index contributed by atoms with van der Waals surface area (Å²) in [6.45, 7) is 7.54. The second kappa shape index (κ2) is 7.66. The lowest BCUT2D eigenvalue weighted by molar-refractivity contribution is 0.0535. The summed E-state index contributed by atoms with van der Waals surface area (Å²) in [5, 5.41) is 3.76. The first-order valence-electron chi connectivity index (χ1n) is 7.61. The molecule has 1 N–H and O–H groups in total. The minimum absolute atomic E-state index is 0.475. The third kappa shape index (κ3) is 4.96. The molecule has 1 saturated heterocycles. The van der Waals surface area contributed by atoms with Gasteiger partial charge in [-0.3, -0.25) is 0 Å². The summed E-state index contributed by atoms with van der Waals surface area (Å²) in [6, 6.07) is 11.3. The Balaban J connectivity index is 1.90. The lowest BCUT2D eigenvalue weighted by Gasteiger charge is -2.27. The molecule has 1 aliphatic rings. The Kier molecular flexibility index (Phi) is 5.87. The van der Waals surface area contributed by atoms with Gasteiger partial charge in [0.1, 0.15) is 0 Å². The summed E-state index contributed by atoms with van der Waals surface area (Å²) in [5.41, 5.74) is 1.41. The molecule has 0 spiro atoms. The van der Waals surface area contributed by atoms with Gasteiger partial charge in [-0.1, -0.05) is 44.2 Å². The molecular weight excluding hydrogens is 234 g/mol. The zero-order valence-electron chi connectivity index (χ0n) is 12.3. The molecule has 106 valence electrons. The number of ether oxygens (including phenoxy) is 1. The molecule has 0 aromatic heterocycles. The molecule has 1 aliphatic heterocycles. The fraction of sp³-hybridized carbons (Fsp3) is 0.647. The number of hydrogen-bond donors (Lipinski definition) is 1. The highest BCUT2D eigenvalue weighted by molar-refractivity contribution is 5.18. The predicted octanol–water partition coefficient (Wildman–Crippen LogP) is 3.79. The molecule has 2 atom stereocenters. The van der Waals surface area contributed by atoms with Gasteiger partial charge >= 0.3 is 0 Å². The van der Waals surface area contributed by atoms with Crippen molar-refractivity contribution < 1.29 is 4.74 Å². The highest BCUT2D eigenvalue weighted by Gasteiger charge is 2.17. The van der Waals surface area contributed by atoms with Crippen LogP contribution in [-0.2, 0) is 4.74 Å². The minimum Gasteiger partial charge on any atom is -0.381 e. The largest absolute Gasteiger partial charge is 0.381 e. The zero-order chi connectivity index (χ0) is 13.5. The maximum absolute atomic E-state index is 5.56. The summed E-state index contributed by atoms with van der Waals surface area (Å²) in [5.74, 6) is 1.40. The molecule has 1 aromatic carbocycles. The molecule has 0 saturated carbocycles. The lowest BCUT2D eigenvalue weighted by atomic mass is 9.95. The zero-order valence-corrected chi connectivity index (χ0v) is 12.3. The molecule has 0 bridgehead atoms. The molecule has 1 fully saturated rings. The van der Waals surface area contributed by atoms with Crippen LogP contribution >= 0.6 is 0 Å². The Hall–Kier alpha value is -0.860. The quantitative estimate of drug-likeness (QED) is 0.841. The Morgan fingerprint density at radius 2 is 2.05 bits per heavy atom. The van der Waals surface area contributed by atoms with E-state index in [9.17, 15) is 0 Å². The molecule has 0 radical (unpaired) electrons. The monoisotopic (exact) mass is 261 g/mol. The Bertz CT molecular complexity index is 344. The fourth-order valence-electron chi connectivity index (χ4n) is 2.77. The van der Waals surface area contributed by atoms with Crippen molar-refractivity contribution >= 4 is 0 Å². The lowest BCUT2D eigenvalue weighted by Crippen LogP contribution is -2.32. The Labute approximate surface area is 117 Å². The van der Waals surface area contributed by atoms with Crippen LogP contribution in [-0.4, -0.2) is 19.8 Å². The molecule has 19 heavy (non-hydrogen) atoms. The summed E-state index contributed by atoms with van der Waals surface area (Å²) in [6.07, 6.45) is 3.71. The van der Waals surface area contributed by atoms with Crippen molar-refractivity contribution in [2.24, 2.45) is 11.8 Å². The van der Waals surface area contributed by atoms with E-state index in [-0.39, 0.29) is 0 Å². The first-order chi connectivity index (χ1) is 9.25. The fourth-order valence-corrected chi connectivity index (χ4v) is 2.77. The van der Waals surface area contributed by atoms with Gasteiger partial charge in [0.15, 0.2) is 0 Å². The van der Waals surface area contributed by atoms with Gasteiger partial charge in [-0.25, -0.2) is 0 Å². The number of hydrogen-bond acceptors (Lipinski definition) is 2. The van der Waals surface area contributed by atoms with Gasteiger partial charge in [-0.15, -0.1) is 0 Å². The van der Waals surface area contributed by atoms with Crippen LogP contribution in [0.4, 0.5) is 0 Å². The first kappa shape index (κ1) is 14.5. The van der Waals surface area contributed by atoms with Crippen LogP contribution in [0.25, 0.3) is 0 Å². The van der Waals surface area contributed by atoms with Crippen molar-refractivity contribution in [3.8, 4) is 0 Å². The van der Waals surface area contributed by atoms with E-state index >= 15 is 0 Å². The normalized spacial score (nSPS) is 21.5. The standard InChI is InChI=1S/C17H27NO/c1-14(2)11-17(16-8-4-3-5-9-16)18-12-15-7-6-10-19-13-15/h3-5,8-9,14-15,17-18H,6-7,10-13H2,1-2H3. The molecule has 0 amide bonds. The van der Waals surface area contributed by atoms with Crippen LogP contribution in [0.1, 0.15) is 44.7 Å². The summed E-state index contributed by atoms with van der Waals surface area (Å²) in [4.78, 5) is 0. The van der Waals surface area contributed by atoms with Crippen molar-refractivity contribution in [3.63, 3.8) is 0 Å². The maximum atomic E-state index is 5.56. The second-order valence-corrected chi connectivity index (χ2v) is 6.08. The van der Waals surface area contributed by atoms with E-state index in [1.807, 2.05) is 0 Å². The van der Waals surface area contributed by atoms with Gasteiger partial charge in [0.05, 0.1) is 6.61 Å². The second-order valence-electron chi connectivity index (χ2n) is 6.08. The number of rotatable bonds is 6. The van der Waals surface area contributed by atoms with Crippen LogP contribution in [0.5, 0.6) is 0 Å². The molecule has 2 rings (SSSR count). The van der Waals surface area contributed by atoms with Gasteiger partial charge in [0, 0.05) is 19.2 Å². The van der Waals surface area contributed by atoms with Crippen molar-refractivity contribution in [3.05, 3.63) is 35.9 Å². The van der Waals surface area contributed by atoms with Crippen LogP contribution < -0.4 is 5.32 Å². The molecule has 1 aromatic rings. The van der Waals surface area contributed by atoms with Crippen LogP contribution in [0, 0.1) is 11.8 Å². The van der Waals surface area contributed by atoms with E-state index in [1.165, 1.54) is 24.8 Å². The maximum Gasteiger partial charge on any atom is 0.0506 e. The summed E-state index contributed by atoms with van der Waals surface area (Å²) in [7, 11) is 0. The van der Waals surface area contributed by atoms with E-state index in [4.69, 9.17) is 4.74 Å². The van der Waals surface area contributed by atoms with Crippen LogP contribution in [0.2, 0.25) is 0 Å². The third-order valence-corrected chi connectivity index (χ3v) is 3.82. The highest BCUT2D eigenvalue weighted by atomic mass is 16.5. The minimum atomic E-state index is 0.475. The summed E-state index contributed by atoms with van der Waals surface area (Å²) >= 11 is 0. The van der Waals surface area contributed by atoms with Crippen molar-refractivity contribution in [2.45, 2.75) is 39.2 Å². The molecule has 2 nitrogen and oxygen atoms in total. The highest BCUT2D eigenvalue weighted by Crippen LogP contribution is 2.22. The van der Waals surface area contributed by atoms with E-state index < -0.39 is 0 Å². The summed E-state index contributed by atoms with van der Waals surface area (Å²) < 4.78 is 5.56. The SMILES string of the molecule is CC(C)CC(NCC1CCCOC1)c1ccccc1. The van der Waals surface area contributed by atoms with Crippen LogP contribution in [0.3, 0.4) is 0 Å². The molecule has 2 unspecified atom stereocenters. The van der Waals surface area contributed by atoms with E-state index in [0.29, 0.717) is 17.9 Å². The van der Waals surface area contributed by atoms with Crippen molar-refractivity contribution in [1.82, 2.24) is 5.32 Å². The number of benzene rings is 1. The van der Waals surface area contributed by atoms with Crippen molar-refractivity contribution in [2.75, 3.05) is 19.8 Å². The Morgan fingerprint density at radius 3 is 2.68 bits per heavy atom. The van der Waals surface area contributed by atoms with E-state index in [1.54, 1.807) is 0 Å². The van der Waals surface area contributed by atoms with Crippen LogP contribution in [0.15, 0.2) is 30.3 Å². The first-order valence-corrected chi connectivity index (χ1v) is 7.61. The van der Waals surface area contributed by atoms with Gasteiger partial charge in [-0.2, -0.15) is 0 Å². The third-order valence-electron chi connectivity index (χ3n) is 3.82.